The number of hydrogen-bond acceptors (Lipinski definition) is 6. The monoisotopic (exact) mass is 222 g/mol. The van der Waals surface area contributed by atoms with Crippen molar-refractivity contribution < 1.29 is 0 Å². The van der Waals surface area contributed by atoms with Crippen molar-refractivity contribution in [3.05, 3.63) is 0 Å². The predicted molar refractivity (Wildman–Crippen MR) is 59.5 cm³/mol. The molecule has 0 amide bonds. The van der Waals surface area contributed by atoms with Gasteiger partial charge in [0.15, 0.2) is 0 Å². The van der Waals surface area contributed by atoms with Gasteiger partial charge in [-0.3, -0.25) is 0 Å². The van der Waals surface area contributed by atoms with E-state index in [0.717, 1.165) is 12.0 Å². The number of nitrogens with one attached hydrogen (secondary N) is 3. The Balaban J connectivity index is 1.64. The summed E-state index contributed by atoms with van der Waals surface area (Å²) in [5.74, 6) is 0.882. The van der Waals surface area contributed by atoms with Crippen LogP contribution in [0.1, 0.15) is 32.1 Å². The number of rotatable bonds is 0. The molecule has 0 aromatic heterocycles. The standard InChI is InChI=1S/C10H18N6/c1-2-4-8-7(3-1)5-9-10-12-13-14-16(10)11-6-15(8)9/h6-10,12-14H,1-5H2. The number of fused-ring (bicyclic) bond motifs is 5. The number of nitrogens with zero attached hydrogens (tertiary/aromatic N) is 3. The highest BCUT2D eigenvalue weighted by Gasteiger charge is 2.48. The zero-order valence-corrected chi connectivity index (χ0v) is 9.26. The van der Waals surface area contributed by atoms with Crippen LogP contribution in [0.25, 0.3) is 0 Å². The number of hydrazone groups is 1. The van der Waals surface area contributed by atoms with Gasteiger partial charge >= 0.3 is 0 Å². The maximum Gasteiger partial charge on any atom is 0.149 e. The van der Waals surface area contributed by atoms with E-state index < -0.39 is 0 Å². The Hall–Kier alpha value is -0.850. The lowest BCUT2D eigenvalue weighted by atomic mass is 9.84. The first-order chi connectivity index (χ1) is 7.93. The van der Waals surface area contributed by atoms with Gasteiger partial charge in [-0.15, -0.1) is 10.6 Å². The summed E-state index contributed by atoms with van der Waals surface area (Å²) in [5.41, 5.74) is 9.19. The van der Waals surface area contributed by atoms with Gasteiger partial charge < -0.3 is 4.90 Å². The lowest BCUT2D eigenvalue weighted by molar-refractivity contribution is 0.0917. The second-order valence-corrected chi connectivity index (χ2v) is 5.26. The molecule has 1 saturated carbocycles. The van der Waals surface area contributed by atoms with Crippen LogP contribution in [0.2, 0.25) is 0 Å². The van der Waals surface area contributed by atoms with Crippen LogP contribution < -0.4 is 16.5 Å². The molecule has 4 rings (SSSR count). The van der Waals surface area contributed by atoms with Crippen molar-refractivity contribution in [2.45, 2.75) is 50.4 Å². The van der Waals surface area contributed by atoms with Crippen LogP contribution in [-0.2, 0) is 0 Å². The first kappa shape index (κ1) is 9.21. The third-order valence-electron chi connectivity index (χ3n) is 4.51. The third-order valence-corrected chi connectivity index (χ3v) is 4.51. The Labute approximate surface area is 94.9 Å². The summed E-state index contributed by atoms with van der Waals surface area (Å²) in [7, 11) is 0. The topological polar surface area (TPSA) is 54.9 Å². The number of hydrazine groups is 3. The molecular formula is C10H18N6. The maximum atomic E-state index is 4.42. The summed E-state index contributed by atoms with van der Waals surface area (Å²) in [6, 6.07) is 1.31. The minimum atomic E-state index is 0.274. The van der Waals surface area contributed by atoms with Gasteiger partial charge in [0.2, 0.25) is 0 Å². The lowest BCUT2D eigenvalue weighted by Gasteiger charge is -2.38. The molecule has 88 valence electrons. The largest absolute Gasteiger partial charge is 0.351 e. The minimum Gasteiger partial charge on any atom is -0.351 e. The molecule has 4 aliphatic rings. The van der Waals surface area contributed by atoms with E-state index in [2.05, 4.69) is 26.5 Å². The minimum absolute atomic E-state index is 0.274. The van der Waals surface area contributed by atoms with Crippen LogP contribution in [0, 0.1) is 5.92 Å². The van der Waals surface area contributed by atoms with Gasteiger partial charge in [-0.05, 0) is 25.2 Å². The normalized spacial score (nSPS) is 45.5. The Morgan fingerprint density at radius 1 is 1.19 bits per heavy atom. The van der Waals surface area contributed by atoms with Crippen LogP contribution in [0.15, 0.2) is 5.10 Å². The lowest BCUT2D eigenvalue weighted by Crippen LogP contribution is -2.55. The van der Waals surface area contributed by atoms with Crippen molar-refractivity contribution >= 4 is 6.34 Å². The van der Waals surface area contributed by atoms with Crippen LogP contribution in [0.3, 0.4) is 0 Å². The molecule has 0 aromatic carbocycles. The molecule has 3 fully saturated rings. The van der Waals surface area contributed by atoms with Crippen molar-refractivity contribution in [3.8, 4) is 0 Å². The van der Waals surface area contributed by atoms with Crippen LogP contribution in [0.4, 0.5) is 0 Å². The van der Waals surface area contributed by atoms with E-state index in [0.29, 0.717) is 6.04 Å². The van der Waals surface area contributed by atoms with Gasteiger partial charge in [-0.1, -0.05) is 12.8 Å². The fraction of sp³-hybridized carbons (Fsp3) is 0.900. The summed E-state index contributed by atoms with van der Waals surface area (Å²) in [6.07, 6.45) is 9.15. The molecule has 1 aliphatic carbocycles. The van der Waals surface area contributed by atoms with Crippen molar-refractivity contribution in [3.63, 3.8) is 0 Å². The second kappa shape index (κ2) is 3.32. The van der Waals surface area contributed by atoms with Crippen molar-refractivity contribution in [1.29, 1.82) is 0 Å². The molecule has 6 heteroatoms. The first-order valence-electron chi connectivity index (χ1n) is 6.30. The molecule has 4 unspecified atom stereocenters. The molecular weight excluding hydrogens is 204 g/mol. The van der Waals surface area contributed by atoms with Crippen molar-refractivity contribution in [2.75, 3.05) is 0 Å². The SMILES string of the molecule is C1=NN2NNNC2C2CC3CCCCC3N12. The summed E-state index contributed by atoms with van der Waals surface area (Å²) < 4.78 is 0. The molecule has 0 radical (unpaired) electrons. The fourth-order valence-corrected chi connectivity index (χ4v) is 3.77. The Bertz CT molecular complexity index is 318. The van der Waals surface area contributed by atoms with Gasteiger partial charge in [0.1, 0.15) is 12.5 Å². The van der Waals surface area contributed by atoms with Gasteiger partial charge in [0.25, 0.3) is 0 Å². The first-order valence-corrected chi connectivity index (χ1v) is 6.30. The average molecular weight is 222 g/mol. The van der Waals surface area contributed by atoms with E-state index in [-0.39, 0.29) is 6.17 Å². The van der Waals surface area contributed by atoms with E-state index >= 15 is 0 Å². The zero-order chi connectivity index (χ0) is 10.5. The van der Waals surface area contributed by atoms with Gasteiger partial charge in [0.05, 0.1) is 6.04 Å². The highest BCUT2D eigenvalue weighted by atomic mass is 16.0. The van der Waals surface area contributed by atoms with Gasteiger partial charge in [-0.25, -0.2) is 5.43 Å². The van der Waals surface area contributed by atoms with E-state index in [1.165, 1.54) is 32.1 Å². The molecule has 0 spiro atoms. The Kier molecular flexibility index (Phi) is 1.91. The van der Waals surface area contributed by atoms with Crippen molar-refractivity contribution in [1.82, 2.24) is 26.5 Å². The molecule has 3 heterocycles. The summed E-state index contributed by atoms with van der Waals surface area (Å²) in [4.78, 5) is 2.49. The molecule has 2 saturated heterocycles. The second-order valence-electron chi connectivity index (χ2n) is 5.26. The van der Waals surface area contributed by atoms with Gasteiger partial charge in [0, 0.05) is 6.04 Å². The Morgan fingerprint density at radius 3 is 3.12 bits per heavy atom. The van der Waals surface area contributed by atoms with Crippen LogP contribution in [0.5, 0.6) is 0 Å². The molecule has 6 nitrogen and oxygen atoms in total. The number of hydrogen-bond donors (Lipinski definition) is 3. The predicted octanol–water partition coefficient (Wildman–Crippen LogP) is -0.268. The third kappa shape index (κ3) is 1.15. The van der Waals surface area contributed by atoms with Crippen molar-refractivity contribution in [2.24, 2.45) is 11.0 Å². The molecule has 16 heavy (non-hydrogen) atoms. The van der Waals surface area contributed by atoms with Crippen LogP contribution in [-0.4, -0.2) is 34.6 Å². The summed E-state index contributed by atoms with van der Waals surface area (Å²) in [5, 5.41) is 6.31. The van der Waals surface area contributed by atoms with E-state index in [4.69, 9.17) is 0 Å². The molecule has 0 aromatic rings. The highest BCUT2D eigenvalue weighted by molar-refractivity contribution is 5.58. The zero-order valence-electron chi connectivity index (χ0n) is 9.26. The van der Waals surface area contributed by atoms with Crippen LogP contribution >= 0.6 is 0 Å². The average Bonchev–Trinajstić information content (AvgIpc) is 2.92. The summed E-state index contributed by atoms with van der Waals surface area (Å²) >= 11 is 0. The fourth-order valence-electron chi connectivity index (χ4n) is 3.77. The van der Waals surface area contributed by atoms with E-state index in [1.807, 2.05) is 11.5 Å². The van der Waals surface area contributed by atoms with E-state index in [1.54, 1.807) is 0 Å². The smallest absolute Gasteiger partial charge is 0.149 e. The van der Waals surface area contributed by atoms with E-state index in [9.17, 15) is 0 Å². The molecule has 3 N–H and O–H groups in total. The van der Waals surface area contributed by atoms with Gasteiger partial charge in [-0.2, -0.15) is 10.7 Å². The molecule has 3 aliphatic heterocycles. The Morgan fingerprint density at radius 2 is 2.12 bits per heavy atom. The summed E-state index contributed by atoms with van der Waals surface area (Å²) in [6.45, 7) is 0. The quantitative estimate of drug-likeness (QED) is 0.527. The maximum absolute atomic E-state index is 4.42. The highest BCUT2D eigenvalue weighted by Crippen LogP contribution is 2.41. The molecule has 4 atom stereocenters. The molecule has 0 bridgehead atoms.